The lowest BCUT2D eigenvalue weighted by molar-refractivity contribution is 1.33. The maximum Gasteiger partial charge on any atom is 0.138 e. The quantitative estimate of drug-likeness (QED) is 0.708. The molecule has 0 aromatic carbocycles. The summed E-state index contributed by atoms with van der Waals surface area (Å²) < 4.78 is 1.15. The first-order valence-corrected chi connectivity index (χ1v) is 4.23. The molecular weight excluding hydrogens is 253 g/mol. The second-order valence-electron chi connectivity index (χ2n) is 2.30. The maximum absolute atomic E-state index is 5.57. The lowest BCUT2D eigenvalue weighted by Crippen LogP contribution is -1.85. The van der Waals surface area contributed by atoms with Crippen molar-refractivity contribution in [3.8, 4) is 0 Å². The predicted molar refractivity (Wildman–Crippen MR) is 53.2 cm³/mol. The highest BCUT2D eigenvalue weighted by atomic mass is 127. The first-order chi connectivity index (χ1) is 5.27. The number of aromatic nitrogens is 2. The second kappa shape index (κ2) is 2.37. The summed E-state index contributed by atoms with van der Waals surface area (Å²) in [7, 11) is 0. The Morgan fingerprint density at radius 2 is 2.36 bits per heavy atom. The van der Waals surface area contributed by atoms with Gasteiger partial charge in [-0.1, -0.05) is 0 Å². The minimum Gasteiger partial charge on any atom is -0.397 e. The van der Waals surface area contributed by atoms with Crippen LogP contribution in [-0.4, -0.2) is 9.97 Å². The number of nitrogens with zero attached hydrogens (tertiary/aromatic N) is 1. The fraction of sp³-hybridized carbons (Fsp3) is 0. The van der Waals surface area contributed by atoms with Crippen LogP contribution in [0.25, 0.3) is 11.0 Å². The van der Waals surface area contributed by atoms with Gasteiger partial charge in [0, 0.05) is 15.2 Å². The number of pyridine rings is 1. The Balaban J connectivity index is 2.87. The summed E-state index contributed by atoms with van der Waals surface area (Å²) in [6.45, 7) is 0. The smallest absolute Gasteiger partial charge is 0.138 e. The number of nitrogens with one attached hydrogen (secondary N) is 1. The molecule has 0 saturated carbocycles. The van der Waals surface area contributed by atoms with Gasteiger partial charge in [-0.25, -0.2) is 4.98 Å². The molecule has 0 saturated heterocycles. The molecule has 0 bridgehead atoms. The summed E-state index contributed by atoms with van der Waals surface area (Å²) in [5.41, 5.74) is 7.17. The zero-order valence-corrected chi connectivity index (χ0v) is 7.79. The fourth-order valence-corrected chi connectivity index (χ4v) is 1.55. The fourth-order valence-electron chi connectivity index (χ4n) is 0.987. The minimum absolute atomic E-state index is 0.704. The van der Waals surface area contributed by atoms with E-state index in [0.717, 1.165) is 14.6 Å². The van der Waals surface area contributed by atoms with E-state index in [0.29, 0.717) is 5.69 Å². The number of halogens is 1. The van der Waals surface area contributed by atoms with Gasteiger partial charge in [-0.05, 0) is 28.7 Å². The first kappa shape index (κ1) is 6.90. The number of nitrogen functional groups attached to an aromatic ring is 1. The number of anilines is 1. The number of hydrogen-bond donors (Lipinski definition) is 2. The number of aromatic amines is 1. The van der Waals surface area contributed by atoms with E-state index < -0.39 is 0 Å². The average molecular weight is 259 g/mol. The molecule has 0 radical (unpaired) electrons. The molecule has 0 fully saturated rings. The van der Waals surface area contributed by atoms with E-state index in [1.54, 1.807) is 6.20 Å². The summed E-state index contributed by atoms with van der Waals surface area (Å²) in [5, 5.41) is 1.09. The van der Waals surface area contributed by atoms with Gasteiger partial charge in [-0.15, -0.1) is 0 Å². The van der Waals surface area contributed by atoms with E-state index >= 15 is 0 Å². The van der Waals surface area contributed by atoms with Gasteiger partial charge in [-0.3, -0.25) is 0 Å². The molecule has 2 heterocycles. The Morgan fingerprint density at radius 1 is 1.55 bits per heavy atom. The van der Waals surface area contributed by atoms with E-state index in [9.17, 15) is 0 Å². The highest BCUT2D eigenvalue weighted by molar-refractivity contribution is 14.1. The van der Waals surface area contributed by atoms with Gasteiger partial charge in [0.2, 0.25) is 0 Å². The molecule has 3 nitrogen and oxygen atoms in total. The topological polar surface area (TPSA) is 54.7 Å². The van der Waals surface area contributed by atoms with E-state index in [1.165, 1.54) is 0 Å². The van der Waals surface area contributed by atoms with Crippen LogP contribution >= 0.6 is 22.6 Å². The number of H-pyrrole nitrogens is 1. The summed E-state index contributed by atoms with van der Waals surface area (Å²) in [6.07, 6.45) is 3.56. The number of fused-ring (bicyclic) bond motifs is 1. The van der Waals surface area contributed by atoms with Gasteiger partial charge in [0.25, 0.3) is 0 Å². The van der Waals surface area contributed by atoms with Crippen LogP contribution in [0.3, 0.4) is 0 Å². The van der Waals surface area contributed by atoms with Crippen molar-refractivity contribution in [3.05, 3.63) is 22.0 Å². The molecule has 0 unspecified atom stereocenters. The van der Waals surface area contributed by atoms with E-state index in [2.05, 4.69) is 32.6 Å². The zero-order chi connectivity index (χ0) is 7.84. The molecule has 0 aliphatic heterocycles. The van der Waals surface area contributed by atoms with Crippen LogP contribution < -0.4 is 5.73 Å². The van der Waals surface area contributed by atoms with Gasteiger partial charge < -0.3 is 10.7 Å². The lowest BCUT2D eigenvalue weighted by atomic mass is 10.3. The molecule has 0 atom stereocenters. The maximum atomic E-state index is 5.57. The minimum atomic E-state index is 0.704. The third-order valence-electron chi connectivity index (χ3n) is 1.50. The van der Waals surface area contributed by atoms with Gasteiger partial charge in [0.15, 0.2) is 0 Å². The summed E-state index contributed by atoms with van der Waals surface area (Å²) in [4.78, 5) is 7.16. The van der Waals surface area contributed by atoms with Crippen LogP contribution in [0.5, 0.6) is 0 Å². The molecule has 0 spiro atoms. The van der Waals surface area contributed by atoms with Crippen molar-refractivity contribution in [2.24, 2.45) is 0 Å². The van der Waals surface area contributed by atoms with Crippen molar-refractivity contribution in [1.29, 1.82) is 0 Å². The monoisotopic (exact) mass is 259 g/mol. The van der Waals surface area contributed by atoms with Crippen molar-refractivity contribution in [2.45, 2.75) is 0 Å². The van der Waals surface area contributed by atoms with Crippen molar-refractivity contribution < 1.29 is 0 Å². The summed E-state index contributed by atoms with van der Waals surface area (Å²) in [5.74, 6) is 0. The Labute approximate surface area is 77.1 Å². The predicted octanol–water partition coefficient (Wildman–Crippen LogP) is 1.75. The van der Waals surface area contributed by atoms with Gasteiger partial charge in [0.1, 0.15) is 5.65 Å². The Bertz CT molecular complexity index is 393. The van der Waals surface area contributed by atoms with Crippen LogP contribution in [0.2, 0.25) is 0 Å². The number of rotatable bonds is 0. The van der Waals surface area contributed by atoms with Crippen molar-refractivity contribution >= 4 is 39.3 Å². The van der Waals surface area contributed by atoms with Crippen LogP contribution in [0.1, 0.15) is 0 Å². The van der Waals surface area contributed by atoms with Crippen LogP contribution in [0.15, 0.2) is 18.5 Å². The van der Waals surface area contributed by atoms with Crippen molar-refractivity contribution in [2.75, 3.05) is 5.73 Å². The Morgan fingerprint density at radius 3 is 3.18 bits per heavy atom. The molecule has 11 heavy (non-hydrogen) atoms. The largest absolute Gasteiger partial charge is 0.397 e. The Hall–Kier alpha value is -0.780. The molecule has 0 aliphatic rings. The Kier molecular flexibility index (Phi) is 1.49. The first-order valence-electron chi connectivity index (χ1n) is 3.15. The highest BCUT2D eigenvalue weighted by Gasteiger charge is 2.00. The molecule has 4 heteroatoms. The normalized spacial score (nSPS) is 10.6. The van der Waals surface area contributed by atoms with Gasteiger partial charge >= 0.3 is 0 Å². The second-order valence-corrected chi connectivity index (χ2v) is 3.46. The van der Waals surface area contributed by atoms with E-state index in [4.69, 9.17) is 5.73 Å². The highest BCUT2D eigenvalue weighted by Crippen LogP contribution is 2.19. The molecule has 56 valence electrons. The zero-order valence-electron chi connectivity index (χ0n) is 5.63. The summed E-state index contributed by atoms with van der Waals surface area (Å²) in [6, 6.07) is 1.92. The van der Waals surface area contributed by atoms with Gasteiger partial charge in [0.05, 0.1) is 11.9 Å². The summed E-state index contributed by atoms with van der Waals surface area (Å²) >= 11 is 2.24. The molecular formula is C7H6IN3. The standard InChI is InChI=1S/C7H6IN3/c8-6-3-11-7-5(6)1-4(9)2-10-7/h1-3H,9H2,(H,10,11). The van der Waals surface area contributed by atoms with Crippen molar-refractivity contribution in [3.63, 3.8) is 0 Å². The molecule has 0 amide bonds. The van der Waals surface area contributed by atoms with Gasteiger partial charge in [-0.2, -0.15) is 0 Å². The van der Waals surface area contributed by atoms with Crippen LogP contribution in [-0.2, 0) is 0 Å². The molecule has 3 N–H and O–H groups in total. The molecule has 2 aromatic heterocycles. The lowest BCUT2D eigenvalue weighted by Gasteiger charge is -1.91. The van der Waals surface area contributed by atoms with Crippen LogP contribution in [0, 0.1) is 3.57 Å². The SMILES string of the molecule is Nc1cnc2[nH]cc(I)c2c1. The number of nitrogens with two attached hydrogens (primary N) is 1. The van der Waals surface area contributed by atoms with Crippen molar-refractivity contribution in [1.82, 2.24) is 9.97 Å². The molecule has 2 rings (SSSR count). The van der Waals surface area contributed by atoms with E-state index in [-0.39, 0.29) is 0 Å². The van der Waals surface area contributed by atoms with E-state index in [1.807, 2.05) is 12.3 Å². The number of hydrogen-bond acceptors (Lipinski definition) is 2. The molecule has 0 aliphatic carbocycles. The van der Waals surface area contributed by atoms with Crippen LogP contribution in [0.4, 0.5) is 5.69 Å². The average Bonchev–Trinajstić information content (AvgIpc) is 2.33. The third-order valence-corrected chi connectivity index (χ3v) is 2.39. The third kappa shape index (κ3) is 1.07. The molecule has 2 aromatic rings.